The van der Waals surface area contributed by atoms with Gasteiger partial charge in [-0.15, -0.1) is 0 Å². The third-order valence-corrected chi connectivity index (χ3v) is 3.56. The topological polar surface area (TPSA) is 67.4 Å². The average Bonchev–Trinajstić information content (AvgIpc) is 2.97. The molecule has 0 bridgehead atoms. The lowest BCUT2D eigenvalue weighted by atomic mass is 10.1. The zero-order valence-corrected chi connectivity index (χ0v) is 12.2. The molecule has 0 aromatic heterocycles. The van der Waals surface area contributed by atoms with Crippen LogP contribution in [0.15, 0.2) is 48.5 Å². The SMILES string of the molecule is O=C(Cc1ccccc1F)Nc1ccc(C2CNC(=O)O2)cc1. The predicted molar refractivity (Wildman–Crippen MR) is 82.4 cm³/mol. The number of carbonyl (C=O) groups excluding carboxylic acids is 2. The Kier molecular flexibility index (Phi) is 4.23. The van der Waals surface area contributed by atoms with Crippen molar-refractivity contribution in [2.24, 2.45) is 0 Å². The minimum absolute atomic E-state index is 0.0292. The van der Waals surface area contributed by atoms with Gasteiger partial charge in [0.2, 0.25) is 5.91 Å². The van der Waals surface area contributed by atoms with Crippen molar-refractivity contribution >= 4 is 17.7 Å². The second-order valence-electron chi connectivity index (χ2n) is 5.21. The highest BCUT2D eigenvalue weighted by atomic mass is 19.1. The summed E-state index contributed by atoms with van der Waals surface area (Å²) in [5.41, 5.74) is 1.80. The molecular weight excluding hydrogens is 299 g/mol. The first-order valence-electron chi connectivity index (χ1n) is 7.19. The lowest BCUT2D eigenvalue weighted by Gasteiger charge is -2.10. The van der Waals surface area contributed by atoms with Crippen LogP contribution >= 0.6 is 0 Å². The maximum absolute atomic E-state index is 13.5. The number of benzene rings is 2. The number of cyclic esters (lactones) is 1. The zero-order chi connectivity index (χ0) is 16.2. The number of nitrogens with one attached hydrogen (secondary N) is 2. The van der Waals surface area contributed by atoms with Crippen molar-refractivity contribution in [1.29, 1.82) is 0 Å². The van der Waals surface area contributed by atoms with Crippen molar-refractivity contribution in [1.82, 2.24) is 5.32 Å². The molecule has 2 amide bonds. The summed E-state index contributed by atoms with van der Waals surface area (Å²) < 4.78 is 18.6. The highest BCUT2D eigenvalue weighted by Gasteiger charge is 2.23. The van der Waals surface area contributed by atoms with Gasteiger partial charge in [0.05, 0.1) is 13.0 Å². The normalized spacial score (nSPS) is 16.6. The van der Waals surface area contributed by atoms with Gasteiger partial charge in [0.25, 0.3) is 0 Å². The van der Waals surface area contributed by atoms with Gasteiger partial charge in [0, 0.05) is 5.69 Å². The van der Waals surface area contributed by atoms with E-state index in [2.05, 4.69) is 10.6 Å². The number of amides is 2. The molecule has 2 aromatic carbocycles. The van der Waals surface area contributed by atoms with Gasteiger partial charge in [-0.3, -0.25) is 4.79 Å². The van der Waals surface area contributed by atoms with Gasteiger partial charge in [-0.2, -0.15) is 0 Å². The Morgan fingerprint density at radius 1 is 1.22 bits per heavy atom. The summed E-state index contributed by atoms with van der Waals surface area (Å²) in [7, 11) is 0. The summed E-state index contributed by atoms with van der Waals surface area (Å²) in [6, 6.07) is 13.2. The molecule has 1 fully saturated rings. The standard InChI is InChI=1S/C17H15FN2O3/c18-14-4-2-1-3-12(14)9-16(21)20-13-7-5-11(6-8-13)15-10-19-17(22)23-15/h1-8,15H,9-10H2,(H,19,22)(H,20,21). The fourth-order valence-corrected chi connectivity index (χ4v) is 2.38. The van der Waals surface area contributed by atoms with Crippen LogP contribution in [0.3, 0.4) is 0 Å². The number of rotatable bonds is 4. The summed E-state index contributed by atoms with van der Waals surface area (Å²) in [5, 5.41) is 5.30. The molecular formula is C17H15FN2O3. The second-order valence-corrected chi connectivity index (χ2v) is 5.21. The van der Waals surface area contributed by atoms with Gasteiger partial charge in [-0.25, -0.2) is 9.18 Å². The Bertz CT molecular complexity index is 731. The van der Waals surface area contributed by atoms with E-state index in [0.29, 0.717) is 17.8 Å². The van der Waals surface area contributed by atoms with E-state index in [1.54, 1.807) is 42.5 Å². The van der Waals surface area contributed by atoms with E-state index in [9.17, 15) is 14.0 Å². The number of alkyl carbamates (subject to hydrolysis) is 1. The molecule has 2 N–H and O–H groups in total. The van der Waals surface area contributed by atoms with Gasteiger partial charge in [-0.1, -0.05) is 30.3 Å². The first kappa shape index (κ1) is 15.0. The molecule has 0 radical (unpaired) electrons. The van der Waals surface area contributed by atoms with E-state index in [-0.39, 0.29) is 18.4 Å². The average molecular weight is 314 g/mol. The number of anilines is 1. The Morgan fingerprint density at radius 3 is 2.61 bits per heavy atom. The summed E-state index contributed by atoms with van der Waals surface area (Å²) in [6.07, 6.45) is -0.776. The Labute approximate surface area is 132 Å². The fraction of sp³-hybridized carbons (Fsp3) is 0.176. The van der Waals surface area contributed by atoms with Gasteiger partial charge < -0.3 is 15.4 Å². The van der Waals surface area contributed by atoms with E-state index >= 15 is 0 Å². The van der Waals surface area contributed by atoms with Gasteiger partial charge in [-0.05, 0) is 29.3 Å². The monoisotopic (exact) mass is 314 g/mol. The smallest absolute Gasteiger partial charge is 0.407 e. The van der Waals surface area contributed by atoms with Gasteiger partial charge in [0.15, 0.2) is 0 Å². The predicted octanol–water partition coefficient (Wildman–Crippen LogP) is 2.79. The molecule has 0 spiro atoms. The molecule has 1 unspecified atom stereocenters. The molecule has 5 nitrogen and oxygen atoms in total. The molecule has 1 atom stereocenters. The third kappa shape index (κ3) is 3.66. The minimum Gasteiger partial charge on any atom is -0.439 e. The molecule has 6 heteroatoms. The van der Waals surface area contributed by atoms with Crippen LogP contribution in [-0.2, 0) is 16.0 Å². The van der Waals surface area contributed by atoms with Crippen LogP contribution in [0.25, 0.3) is 0 Å². The van der Waals surface area contributed by atoms with E-state index < -0.39 is 11.9 Å². The number of hydrogen-bond donors (Lipinski definition) is 2. The maximum Gasteiger partial charge on any atom is 0.407 e. The van der Waals surface area contributed by atoms with Crippen molar-refractivity contribution in [3.8, 4) is 0 Å². The lowest BCUT2D eigenvalue weighted by Crippen LogP contribution is -2.15. The maximum atomic E-state index is 13.5. The van der Waals surface area contributed by atoms with E-state index in [4.69, 9.17) is 4.74 Å². The van der Waals surface area contributed by atoms with Crippen molar-refractivity contribution < 1.29 is 18.7 Å². The Balaban J connectivity index is 1.61. The molecule has 1 aliphatic heterocycles. The quantitative estimate of drug-likeness (QED) is 0.912. The molecule has 3 rings (SSSR count). The molecule has 0 aliphatic carbocycles. The van der Waals surface area contributed by atoms with E-state index in [1.165, 1.54) is 6.07 Å². The molecule has 1 heterocycles. The molecule has 23 heavy (non-hydrogen) atoms. The Hall–Kier alpha value is -2.89. The molecule has 1 saturated heterocycles. The zero-order valence-electron chi connectivity index (χ0n) is 12.2. The van der Waals surface area contributed by atoms with Crippen molar-refractivity contribution in [2.75, 3.05) is 11.9 Å². The molecule has 1 aliphatic rings. The number of carbonyl (C=O) groups is 2. The van der Waals surface area contributed by atoms with Crippen LogP contribution in [0.5, 0.6) is 0 Å². The van der Waals surface area contributed by atoms with E-state index in [1.807, 2.05) is 0 Å². The van der Waals surface area contributed by atoms with Crippen LogP contribution in [0.1, 0.15) is 17.2 Å². The molecule has 118 valence electrons. The highest BCUT2D eigenvalue weighted by molar-refractivity contribution is 5.92. The highest BCUT2D eigenvalue weighted by Crippen LogP contribution is 2.22. The Morgan fingerprint density at radius 2 is 1.96 bits per heavy atom. The van der Waals surface area contributed by atoms with Crippen LogP contribution in [0, 0.1) is 5.82 Å². The minimum atomic E-state index is -0.433. The summed E-state index contributed by atoms with van der Waals surface area (Å²) in [6.45, 7) is 0.428. The van der Waals surface area contributed by atoms with Gasteiger partial charge in [0.1, 0.15) is 11.9 Å². The first-order valence-corrected chi connectivity index (χ1v) is 7.19. The number of halogens is 1. The van der Waals surface area contributed by atoms with Crippen LogP contribution in [0.4, 0.5) is 14.9 Å². The lowest BCUT2D eigenvalue weighted by molar-refractivity contribution is -0.115. The first-order chi connectivity index (χ1) is 11.1. The number of ether oxygens (including phenoxy) is 1. The fourth-order valence-electron chi connectivity index (χ4n) is 2.38. The van der Waals surface area contributed by atoms with Crippen LogP contribution in [-0.4, -0.2) is 18.5 Å². The van der Waals surface area contributed by atoms with Crippen molar-refractivity contribution in [3.63, 3.8) is 0 Å². The van der Waals surface area contributed by atoms with Crippen LogP contribution in [0.2, 0.25) is 0 Å². The van der Waals surface area contributed by atoms with Crippen LogP contribution < -0.4 is 10.6 Å². The molecule has 0 saturated carbocycles. The largest absolute Gasteiger partial charge is 0.439 e. The second kappa shape index (κ2) is 6.48. The summed E-state index contributed by atoms with van der Waals surface area (Å²) >= 11 is 0. The number of hydrogen-bond acceptors (Lipinski definition) is 3. The van der Waals surface area contributed by atoms with E-state index in [0.717, 1.165) is 5.56 Å². The van der Waals surface area contributed by atoms with Gasteiger partial charge >= 0.3 is 6.09 Å². The molecule has 2 aromatic rings. The summed E-state index contributed by atoms with van der Waals surface area (Å²) in [4.78, 5) is 23.0. The van der Waals surface area contributed by atoms with Crippen molar-refractivity contribution in [2.45, 2.75) is 12.5 Å². The third-order valence-electron chi connectivity index (χ3n) is 3.56. The van der Waals surface area contributed by atoms with Crippen molar-refractivity contribution in [3.05, 3.63) is 65.5 Å². The summed E-state index contributed by atoms with van der Waals surface area (Å²) in [5.74, 6) is -0.689.